The summed E-state index contributed by atoms with van der Waals surface area (Å²) >= 11 is 0. The van der Waals surface area contributed by atoms with Crippen molar-refractivity contribution in [2.24, 2.45) is 0 Å². The van der Waals surface area contributed by atoms with E-state index >= 15 is 0 Å². The second kappa shape index (κ2) is 4.63. The summed E-state index contributed by atoms with van der Waals surface area (Å²) in [5.41, 5.74) is 1.29. The molecular formula is C14H17N3O3. The summed E-state index contributed by atoms with van der Waals surface area (Å²) in [6.45, 7) is 6.55. The Morgan fingerprint density at radius 1 is 1.35 bits per heavy atom. The number of carboxylic acids is 1. The van der Waals surface area contributed by atoms with Gasteiger partial charge in [-0.2, -0.15) is 0 Å². The van der Waals surface area contributed by atoms with Crippen LogP contribution < -0.4 is 5.32 Å². The number of fused-ring (bicyclic) bond motifs is 1. The van der Waals surface area contributed by atoms with E-state index < -0.39 is 17.4 Å². The Hall–Kier alpha value is -2.37. The van der Waals surface area contributed by atoms with E-state index in [1.165, 1.54) is 13.8 Å². The molecule has 0 aliphatic heterocycles. The van der Waals surface area contributed by atoms with E-state index in [0.717, 1.165) is 5.56 Å². The molecule has 0 spiro atoms. The van der Waals surface area contributed by atoms with Crippen molar-refractivity contribution < 1.29 is 14.7 Å². The lowest BCUT2D eigenvalue weighted by Crippen LogP contribution is -2.50. The van der Waals surface area contributed by atoms with Crippen LogP contribution in [0.5, 0.6) is 0 Å². The highest BCUT2D eigenvalue weighted by molar-refractivity contribution is 5.97. The smallest absolute Gasteiger partial charge is 0.328 e. The molecule has 1 amide bonds. The Labute approximate surface area is 116 Å². The minimum atomic E-state index is -1.33. The molecule has 2 heterocycles. The number of carbonyl (C=O) groups is 2. The van der Waals surface area contributed by atoms with Gasteiger partial charge < -0.3 is 10.4 Å². The van der Waals surface area contributed by atoms with E-state index in [2.05, 4.69) is 10.3 Å². The van der Waals surface area contributed by atoms with Crippen molar-refractivity contribution in [3.05, 3.63) is 35.3 Å². The first-order valence-corrected chi connectivity index (χ1v) is 6.23. The van der Waals surface area contributed by atoms with Gasteiger partial charge in [0.2, 0.25) is 0 Å². The van der Waals surface area contributed by atoms with Crippen LogP contribution in [0.1, 0.15) is 35.6 Å². The molecule has 0 aliphatic carbocycles. The number of amides is 1. The van der Waals surface area contributed by atoms with Crippen molar-refractivity contribution in [1.82, 2.24) is 14.7 Å². The fraction of sp³-hybridized carbons (Fsp3) is 0.357. The maximum Gasteiger partial charge on any atom is 0.328 e. The molecule has 2 rings (SSSR count). The molecule has 6 heteroatoms. The van der Waals surface area contributed by atoms with Crippen molar-refractivity contribution in [3.63, 3.8) is 0 Å². The zero-order valence-electron chi connectivity index (χ0n) is 11.9. The third kappa shape index (κ3) is 2.36. The van der Waals surface area contributed by atoms with Crippen molar-refractivity contribution >= 4 is 17.5 Å². The lowest BCUT2D eigenvalue weighted by atomic mass is 10.1. The Balaban J connectivity index is 2.45. The first kappa shape index (κ1) is 14.0. The van der Waals surface area contributed by atoms with Crippen LogP contribution in [0.25, 0.3) is 5.65 Å². The number of aryl methyl sites for hydroxylation is 2. The number of nitrogens with one attached hydrogen (secondary N) is 1. The predicted molar refractivity (Wildman–Crippen MR) is 73.8 cm³/mol. The van der Waals surface area contributed by atoms with Gasteiger partial charge in [-0.05, 0) is 45.4 Å². The first-order valence-electron chi connectivity index (χ1n) is 6.23. The molecule has 0 aromatic carbocycles. The van der Waals surface area contributed by atoms with Gasteiger partial charge in [-0.1, -0.05) is 0 Å². The van der Waals surface area contributed by atoms with E-state index in [9.17, 15) is 9.59 Å². The predicted octanol–water partition coefficient (Wildman–Crippen LogP) is 1.54. The molecular weight excluding hydrogens is 258 g/mol. The van der Waals surface area contributed by atoms with Crippen LogP contribution in [0, 0.1) is 13.8 Å². The molecule has 2 aromatic rings. The number of carbonyl (C=O) groups excluding carboxylic acids is 1. The molecule has 0 atom stereocenters. The van der Waals surface area contributed by atoms with Crippen molar-refractivity contribution in [3.8, 4) is 0 Å². The number of hydrogen-bond donors (Lipinski definition) is 2. The van der Waals surface area contributed by atoms with Gasteiger partial charge in [0.15, 0.2) is 0 Å². The second-order valence-electron chi connectivity index (χ2n) is 5.36. The molecule has 106 valence electrons. The van der Waals surface area contributed by atoms with E-state index in [0.29, 0.717) is 17.0 Å². The quantitative estimate of drug-likeness (QED) is 0.890. The molecule has 6 nitrogen and oxygen atoms in total. The van der Waals surface area contributed by atoms with Gasteiger partial charge in [0.1, 0.15) is 16.9 Å². The molecule has 0 bridgehead atoms. The highest BCUT2D eigenvalue weighted by Gasteiger charge is 2.31. The lowest BCUT2D eigenvalue weighted by Gasteiger charge is -2.20. The number of imidazole rings is 1. The number of pyridine rings is 1. The number of hydrogen-bond acceptors (Lipinski definition) is 3. The summed E-state index contributed by atoms with van der Waals surface area (Å²) in [6, 6.07) is 3.74. The molecule has 0 unspecified atom stereocenters. The maximum atomic E-state index is 12.3. The van der Waals surface area contributed by atoms with Crippen LogP contribution in [0.15, 0.2) is 18.3 Å². The average molecular weight is 275 g/mol. The van der Waals surface area contributed by atoms with Crippen LogP contribution in [0.3, 0.4) is 0 Å². The summed E-state index contributed by atoms with van der Waals surface area (Å²) in [5, 5.41) is 11.6. The number of carboxylic acid groups (broad SMARTS) is 1. The minimum Gasteiger partial charge on any atom is -0.480 e. The lowest BCUT2D eigenvalue weighted by molar-refractivity contribution is -0.143. The molecule has 0 aliphatic rings. The van der Waals surface area contributed by atoms with E-state index in [4.69, 9.17) is 5.11 Å². The third-order valence-electron chi connectivity index (χ3n) is 3.13. The fourth-order valence-electron chi connectivity index (χ4n) is 1.93. The van der Waals surface area contributed by atoms with Gasteiger partial charge in [0.25, 0.3) is 5.91 Å². The van der Waals surface area contributed by atoms with E-state index in [1.807, 2.05) is 19.1 Å². The van der Waals surface area contributed by atoms with Crippen molar-refractivity contribution in [2.75, 3.05) is 0 Å². The van der Waals surface area contributed by atoms with Gasteiger partial charge in [-0.3, -0.25) is 9.20 Å². The molecule has 0 saturated carbocycles. The maximum absolute atomic E-state index is 12.3. The summed E-state index contributed by atoms with van der Waals surface area (Å²) in [4.78, 5) is 27.7. The molecule has 20 heavy (non-hydrogen) atoms. The standard InChI is InChI=1S/C14H17N3O3/c1-8-5-6-17-10(7-8)15-9(2)11(17)12(18)16-14(3,4)13(19)20/h5-7H,1-4H3,(H,16,18)(H,19,20). The van der Waals surface area contributed by atoms with Gasteiger partial charge in [0, 0.05) is 6.20 Å². The van der Waals surface area contributed by atoms with Gasteiger partial charge in [0.05, 0.1) is 5.69 Å². The minimum absolute atomic E-state index is 0.356. The molecule has 0 radical (unpaired) electrons. The Bertz CT molecular complexity index is 701. The summed E-state index contributed by atoms with van der Waals surface area (Å²) in [5.74, 6) is -1.54. The Morgan fingerprint density at radius 3 is 2.60 bits per heavy atom. The van der Waals surface area contributed by atoms with Gasteiger partial charge in [-0.25, -0.2) is 9.78 Å². The highest BCUT2D eigenvalue weighted by atomic mass is 16.4. The van der Waals surface area contributed by atoms with E-state index in [1.54, 1.807) is 17.5 Å². The average Bonchev–Trinajstić information content (AvgIpc) is 2.63. The van der Waals surface area contributed by atoms with E-state index in [-0.39, 0.29) is 0 Å². The summed E-state index contributed by atoms with van der Waals surface area (Å²) in [7, 11) is 0. The van der Waals surface area contributed by atoms with Crippen LogP contribution in [-0.4, -0.2) is 31.9 Å². The fourth-order valence-corrected chi connectivity index (χ4v) is 1.93. The topological polar surface area (TPSA) is 83.7 Å². The zero-order valence-corrected chi connectivity index (χ0v) is 11.9. The van der Waals surface area contributed by atoms with Crippen molar-refractivity contribution in [1.29, 1.82) is 0 Å². The summed E-state index contributed by atoms with van der Waals surface area (Å²) in [6.07, 6.45) is 1.76. The summed E-state index contributed by atoms with van der Waals surface area (Å²) < 4.78 is 1.66. The number of rotatable bonds is 3. The SMILES string of the molecule is Cc1ccn2c(C(=O)NC(C)(C)C(=O)O)c(C)nc2c1. The zero-order chi connectivity index (χ0) is 15.1. The number of aliphatic carboxylic acids is 1. The number of nitrogens with zero attached hydrogens (tertiary/aromatic N) is 2. The monoisotopic (exact) mass is 275 g/mol. The largest absolute Gasteiger partial charge is 0.480 e. The van der Waals surface area contributed by atoms with Crippen LogP contribution >= 0.6 is 0 Å². The van der Waals surface area contributed by atoms with Gasteiger partial charge in [-0.15, -0.1) is 0 Å². The Kier molecular flexibility index (Phi) is 3.25. The highest BCUT2D eigenvalue weighted by Crippen LogP contribution is 2.15. The van der Waals surface area contributed by atoms with Crippen LogP contribution in [-0.2, 0) is 4.79 Å². The van der Waals surface area contributed by atoms with Crippen LogP contribution in [0.2, 0.25) is 0 Å². The number of aromatic nitrogens is 2. The van der Waals surface area contributed by atoms with Crippen LogP contribution in [0.4, 0.5) is 0 Å². The normalized spacial score (nSPS) is 11.6. The molecule has 2 N–H and O–H groups in total. The third-order valence-corrected chi connectivity index (χ3v) is 3.13. The molecule has 0 saturated heterocycles. The molecule has 2 aromatic heterocycles. The van der Waals surface area contributed by atoms with Crippen molar-refractivity contribution in [2.45, 2.75) is 33.2 Å². The second-order valence-corrected chi connectivity index (χ2v) is 5.36. The molecule has 0 fully saturated rings. The van der Waals surface area contributed by atoms with Gasteiger partial charge >= 0.3 is 5.97 Å². The Morgan fingerprint density at radius 2 is 2.00 bits per heavy atom. The first-order chi connectivity index (χ1) is 9.22.